The molecule has 0 radical (unpaired) electrons. The van der Waals surface area contributed by atoms with Crippen molar-refractivity contribution in [2.75, 3.05) is 5.32 Å². The third kappa shape index (κ3) is 2.64. The Hall–Kier alpha value is -2.29. The van der Waals surface area contributed by atoms with Gasteiger partial charge in [-0.25, -0.2) is 13.8 Å². The van der Waals surface area contributed by atoms with Gasteiger partial charge in [0.05, 0.1) is 24.1 Å². The fraction of sp³-hybridized carbons (Fsp3) is 0.273. The predicted octanol–water partition coefficient (Wildman–Crippen LogP) is 2.29. The first-order valence-corrected chi connectivity index (χ1v) is 6.33. The van der Waals surface area contributed by atoms with Crippen LogP contribution >= 0.6 is 11.6 Å². The van der Waals surface area contributed by atoms with E-state index in [4.69, 9.17) is 11.6 Å². The van der Waals surface area contributed by atoms with Gasteiger partial charge in [-0.05, 0) is 11.6 Å². The summed E-state index contributed by atoms with van der Waals surface area (Å²) in [5, 5.41) is 6.95. The maximum absolute atomic E-state index is 12.9. The number of H-pyrrole nitrogens is 1. The normalized spacial score (nSPS) is 11.5. The summed E-state index contributed by atoms with van der Waals surface area (Å²) < 4.78 is 27.1. The molecule has 0 unspecified atom stereocenters. The Morgan fingerprint density at radius 3 is 3.00 bits per heavy atom. The van der Waals surface area contributed by atoms with Crippen LogP contribution in [0.2, 0.25) is 5.28 Å². The van der Waals surface area contributed by atoms with Crippen molar-refractivity contribution in [3.05, 3.63) is 29.1 Å². The van der Waals surface area contributed by atoms with E-state index in [2.05, 4.69) is 30.4 Å². The zero-order chi connectivity index (χ0) is 15.0. The van der Waals surface area contributed by atoms with Crippen molar-refractivity contribution in [1.82, 2.24) is 29.7 Å². The second-order valence-corrected chi connectivity index (χ2v) is 4.64. The molecule has 0 aliphatic carbocycles. The van der Waals surface area contributed by atoms with E-state index in [1.54, 1.807) is 7.05 Å². The maximum atomic E-state index is 12.9. The highest BCUT2D eigenvalue weighted by Crippen LogP contribution is 2.24. The Morgan fingerprint density at radius 2 is 2.24 bits per heavy atom. The van der Waals surface area contributed by atoms with Crippen LogP contribution in [-0.4, -0.2) is 29.7 Å². The molecule has 2 N–H and O–H groups in total. The van der Waals surface area contributed by atoms with Gasteiger partial charge >= 0.3 is 0 Å². The average Bonchev–Trinajstić information content (AvgIpc) is 3.01. The number of alkyl halides is 2. The monoisotopic (exact) mass is 313 g/mol. The van der Waals surface area contributed by atoms with Gasteiger partial charge in [-0.1, -0.05) is 0 Å². The summed E-state index contributed by atoms with van der Waals surface area (Å²) in [7, 11) is 1.59. The fourth-order valence-corrected chi connectivity index (χ4v) is 2.14. The summed E-state index contributed by atoms with van der Waals surface area (Å²) >= 11 is 5.79. The highest BCUT2D eigenvalue weighted by atomic mass is 35.5. The predicted molar refractivity (Wildman–Crippen MR) is 72.2 cm³/mol. The quantitative estimate of drug-likeness (QED) is 0.722. The molecule has 3 aromatic rings. The summed E-state index contributed by atoms with van der Waals surface area (Å²) in [5.41, 5.74) is 1.07. The number of aromatic nitrogens is 6. The van der Waals surface area contributed by atoms with Crippen molar-refractivity contribution in [2.45, 2.75) is 13.0 Å². The first-order chi connectivity index (χ1) is 10.0. The van der Waals surface area contributed by atoms with Crippen LogP contribution in [0, 0.1) is 0 Å². The number of hydrogen-bond donors (Lipinski definition) is 2. The van der Waals surface area contributed by atoms with E-state index in [9.17, 15) is 8.78 Å². The Kier molecular flexibility index (Phi) is 3.42. The lowest BCUT2D eigenvalue weighted by molar-refractivity contribution is 0.150. The van der Waals surface area contributed by atoms with Gasteiger partial charge in [0.15, 0.2) is 11.5 Å². The molecule has 0 saturated carbocycles. The van der Waals surface area contributed by atoms with Crippen LogP contribution in [0.5, 0.6) is 0 Å². The molecule has 0 saturated heterocycles. The molecule has 21 heavy (non-hydrogen) atoms. The van der Waals surface area contributed by atoms with Crippen LogP contribution in [0.1, 0.15) is 17.7 Å². The zero-order valence-electron chi connectivity index (χ0n) is 10.8. The lowest BCUT2D eigenvalue weighted by Gasteiger charge is -2.06. The molecular weight excluding hydrogens is 304 g/mol. The van der Waals surface area contributed by atoms with E-state index in [1.807, 2.05) is 0 Å². The van der Waals surface area contributed by atoms with E-state index in [-0.39, 0.29) is 23.1 Å². The molecule has 3 rings (SSSR count). The number of nitrogens with zero attached hydrogens (tertiary/aromatic N) is 5. The number of hydrogen-bond acceptors (Lipinski definition) is 5. The molecule has 7 nitrogen and oxygen atoms in total. The van der Waals surface area contributed by atoms with E-state index >= 15 is 0 Å². The van der Waals surface area contributed by atoms with Gasteiger partial charge in [-0.15, -0.1) is 0 Å². The number of rotatable bonds is 4. The molecule has 0 aromatic carbocycles. The maximum Gasteiger partial charge on any atom is 0.267 e. The minimum Gasteiger partial charge on any atom is -0.362 e. The Labute approximate surface area is 122 Å². The molecule has 0 aliphatic rings. The van der Waals surface area contributed by atoms with Crippen LogP contribution < -0.4 is 5.32 Å². The van der Waals surface area contributed by atoms with E-state index in [0.29, 0.717) is 17.0 Å². The first kappa shape index (κ1) is 13.7. The summed E-state index contributed by atoms with van der Waals surface area (Å²) in [4.78, 5) is 14.8. The lowest BCUT2D eigenvalue weighted by atomic mass is 10.2. The van der Waals surface area contributed by atoms with Gasteiger partial charge < -0.3 is 10.3 Å². The smallest absolute Gasteiger partial charge is 0.267 e. The van der Waals surface area contributed by atoms with Crippen molar-refractivity contribution in [2.24, 2.45) is 7.05 Å². The highest BCUT2D eigenvalue weighted by Gasteiger charge is 2.17. The second-order valence-electron chi connectivity index (χ2n) is 4.30. The highest BCUT2D eigenvalue weighted by molar-refractivity contribution is 6.28. The number of fused-ring (bicyclic) bond motifs is 1. The van der Waals surface area contributed by atoms with Gasteiger partial charge in [-0.2, -0.15) is 15.1 Å². The van der Waals surface area contributed by atoms with Crippen LogP contribution in [-0.2, 0) is 13.6 Å². The van der Waals surface area contributed by atoms with Gasteiger partial charge in [0.2, 0.25) is 5.28 Å². The third-order valence-electron chi connectivity index (χ3n) is 2.85. The summed E-state index contributed by atoms with van der Waals surface area (Å²) in [6.07, 6.45) is 0.156. The molecule has 0 fully saturated rings. The average molecular weight is 314 g/mol. The van der Waals surface area contributed by atoms with Crippen molar-refractivity contribution in [1.29, 1.82) is 0 Å². The minimum atomic E-state index is -2.59. The second kappa shape index (κ2) is 5.24. The molecule has 3 aromatic heterocycles. The summed E-state index contributed by atoms with van der Waals surface area (Å²) in [5.74, 6) is 0.383. The van der Waals surface area contributed by atoms with E-state index in [1.165, 1.54) is 17.2 Å². The Balaban J connectivity index is 1.88. The molecule has 0 spiro atoms. The molecule has 0 atom stereocenters. The number of aryl methyl sites for hydroxylation is 1. The van der Waals surface area contributed by atoms with Gasteiger partial charge in [0.1, 0.15) is 5.52 Å². The van der Waals surface area contributed by atoms with Crippen molar-refractivity contribution in [3.63, 3.8) is 0 Å². The first-order valence-electron chi connectivity index (χ1n) is 5.95. The molecule has 0 aliphatic heterocycles. The Morgan fingerprint density at radius 1 is 1.43 bits per heavy atom. The number of anilines is 1. The van der Waals surface area contributed by atoms with Gasteiger partial charge in [-0.3, -0.25) is 4.68 Å². The largest absolute Gasteiger partial charge is 0.362 e. The number of imidazole rings is 1. The van der Waals surface area contributed by atoms with Crippen molar-refractivity contribution in [3.8, 4) is 0 Å². The third-order valence-corrected chi connectivity index (χ3v) is 3.02. The molecule has 0 bridgehead atoms. The van der Waals surface area contributed by atoms with Crippen LogP contribution in [0.4, 0.5) is 14.6 Å². The van der Waals surface area contributed by atoms with Crippen molar-refractivity contribution < 1.29 is 8.78 Å². The molecular formula is C11H10ClF2N7. The van der Waals surface area contributed by atoms with E-state index < -0.39 is 6.43 Å². The van der Waals surface area contributed by atoms with Crippen LogP contribution in [0.25, 0.3) is 11.2 Å². The molecule has 10 heteroatoms. The van der Waals surface area contributed by atoms with Crippen LogP contribution in [0.3, 0.4) is 0 Å². The topological polar surface area (TPSA) is 84.3 Å². The lowest BCUT2D eigenvalue weighted by Crippen LogP contribution is -2.06. The molecule has 3 heterocycles. The van der Waals surface area contributed by atoms with Crippen molar-refractivity contribution >= 4 is 28.6 Å². The molecule has 110 valence electrons. The minimum absolute atomic E-state index is 0.0206. The number of nitrogens with one attached hydrogen (secondary N) is 2. The number of aromatic amines is 1. The fourth-order valence-electron chi connectivity index (χ4n) is 1.97. The van der Waals surface area contributed by atoms with Gasteiger partial charge in [0, 0.05) is 13.2 Å². The molecule has 0 amide bonds. The Bertz CT molecular complexity index is 782. The van der Waals surface area contributed by atoms with Crippen LogP contribution in [0.15, 0.2) is 12.5 Å². The SMILES string of the molecule is Cn1cc(C(F)F)c(CNc2nc(Cl)nc3nc[nH]c23)n1. The summed E-state index contributed by atoms with van der Waals surface area (Å²) in [6, 6.07) is 0. The van der Waals surface area contributed by atoms with E-state index in [0.717, 1.165) is 0 Å². The standard InChI is InChI=1S/C11H10ClF2N7/c1-21-3-5(8(13)14)6(20-21)2-15-9-7-10(17-4-16-7)19-11(12)18-9/h3-4,8H,2H2,1H3,(H2,15,16,17,18,19). The number of halogens is 3. The summed E-state index contributed by atoms with van der Waals surface area (Å²) in [6.45, 7) is 0.0853. The van der Waals surface area contributed by atoms with Gasteiger partial charge in [0.25, 0.3) is 6.43 Å². The zero-order valence-corrected chi connectivity index (χ0v) is 11.6.